The molecule has 0 saturated carbocycles. The molecule has 1 fully saturated rings. The Morgan fingerprint density at radius 2 is 1.94 bits per heavy atom. The summed E-state index contributed by atoms with van der Waals surface area (Å²) in [4.78, 5) is 27.6. The maximum atomic E-state index is 14.3. The van der Waals surface area contributed by atoms with Crippen LogP contribution in [0.3, 0.4) is 0 Å². The van der Waals surface area contributed by atoms with Gasteiger partial charge in [0.2, 0.25) is 0 Å². The van der Waals surface area contributed by atoms with Crippen molar-refractivity contribution in [3.05, 3.63) is 75.7 Å². The third-order valence-electron chi connectivity index (χ3n) is 6.12. The second-order valence-corrected chi connectivity index (χ2v) is 8.45. The van der Waals surface area contributed by atoms with E-state index in [2.05, 4.69) is 27.1 Å². The van der Waals surface area contributed by atoms with E-state index >= 15 is 0 Å². The topological polar surface area (TPSA) is 109 Å². The van der Waals surface area contributed by atoms with E-state index in [1.165, 1.54) is 12.1 Å². The van der Waals surface area contributed by atoms with E-state index in [9.17, 15) is 18.4 Å². The fourth-order valence-corrected chi connectivity index (χ4v) is 4.38. The number of halogens is 2. The minimum Gasteiger partial charge on any atom is -0.368 e. The first-order valence-electron chi connectivity index (χ1n) is 11.5. The van der Waals surface area contributed by atoms with Crippen molar-refractivity contribution in [3.8, 4) is 5.69 Å². The average Bonchev–Trinajstić information content (AvgIpc) is 3.27. The van der Waals surface area contributed by atoms with Crippen LogP contribution in [-0.4, -0.2) is 48.1 Å². The van der Waals surface area contributed by atoms with Gasteiger partial charge in [0.05, 0.1) is 17.1 Å². The molecule has 1 atom stereocenters. The number of carbonyl (C=O) groups is 1. The first-order valence-corrected chi connectivity index (χ1v) is 11.5. The summed E-state index contributed by atoms with van der Waals surface area (Å²) >= 11 is 0. The molecular weight excluding hydrogens is 468 g/mol. The van der Waals surface area contributed by atoms with Crippen molar-refractivity contribution >= 4 is 29.7 Å². The molecule has 0 bridgehead atoms. The monoisotopic (exact) mass is 495 g/mol. The zero-order valence-corrected chi connectivity index (χ0v) is 20.0. The van der Waals surface area contributed by atoms with Gasteiger partial charge in [0, 0.05) is 38.5 Å². The number of para-hydroxylation sites is 1. The highest BCUT2D eigenvalue weighted by Crippen LogP contribution is 2.38. The fourth-order valence-electron chi connectivity index (χ4n) is 4.38. The lowest BCUT2D eigenvalue weighted by atomic mass is 10.1. The van der Waals surface area contributed by atoms with E-state index < -0.39 is 28.8 Å². The van der Waals surface area contributed by atoms with Crippen molar-refractivity contribution in [1.29, 1.82) is 0 Å². The van der Waals surface area contributed by atoms with Crippen molar-refractivity contribution in [2.45, 2.75) is 26.3 Å². The highest BCUT2D eigenvalue weighted by Gasteiger charge is 2.26. The summed E-state index contributed by atoms with van der Waals surface area (Å²) in [5.74, 6) is -2.60. The Kier molecular flexibility index (Phi) is 7.11. The summed E-state index contributed by atoms with van der Waals surface area (Å²) in [5, 5.41) is 12.6. The second-order valence-electron chi connectivity index (χ2n) is 8.45. The molecule has 1 saturated heterocycles. The lowest BCUT2D eigenvalue weighted by Crippen LogP contribution is -2.29. The molecule has 0 aliphatic carbocycles. The first-order chi connectivity index (χ1) is 17.2. The van der Waals surface area contributed by atoms with Crippen LogP contribution < -0.4 is 26.5 Å². The van der Waals surface area contributed by atoms with Gasteiger partial charge in [-0.1, -0.05) is 6.07 Å². The largest absolute Gasteiger partial charge is 0.368 e. The van der Waals surface area contributed by atoms with E-state index in [0.717, 1.165) is 41.6 Å². The van der Waals surface area contributed by atoms with E-state index in [1.807, 2.05) is 19.9 Å². The van der Waals surface area contributed by atoms with Crippen molar-refractivity contribution in [2.75, 3.05) is 34.9 Å². The molecule has 0 unspecified atom stereocenters. The number of hydrogen-bond acceptors (Lipinski definition) is 7. The van der Waals surface area contributed by atoms with Crippen LogP contribution in [0.4, 0.5) is 25.8 Å². The maximum Gasteiger partial charge on any atom is 0.276 e. The standard InChI is InChI=1S/C25H27F2N7O2/c1-4-33(29-3)21-10-8-19(23(15(21)2)32-13-12-16(28)14-32)30-25(36)20-9-11-22(35)34(31-20)24-17(26)6-5-7-18(24)27/h5-11,16H,3-4,12-14,28H2,1-2H3,(H,30,36)/t16-/m1/s1. The van der Waals surface area contributed by atoms with E-state index in [0.29, 0.717) is 30.0 Å². The van der Waals surface area contributed by atoms with Gasteiger partial charge in [0.1, 0.15) is 11.4 Å². The smallest absolute Gasteiger partial charge is 0.276 e. The fraction of sp³-hybridized carbons (Fsp3) is 0.280. The van der Waals surface area contributed by atoms with Crippen molar-refractivity contribution in [2.24, 2.45) is 10.8 Å². The number of anilines is 3. The normalized spacial score (nSPS) is 15.1. The number of carbonyl (C=O) groups excluding carboxylic acids is 1. The quantitative estimate of drug-likeness (QED) is 0.385. The number of amides is 1. The Morgan fingerprint density at radius 1 is 1.22 bits per heavy atom. The van der Waals surface area contributed by atoms with Crippen LogP contribution in [0.1, 0.15) is 29.4 Å². The van der Waals surface area contributed by atoms with Gasteiger partial charge in [-0.2, -0.15) is 14.9 Å². The summed E-state index contributed by atoms with van der Waals surface area (Å²) in [6, 6.07) is 9.01. The molecule has 2 aromatic carbocycles. The van der Waals surface area contributed by atoms with Gasteiger partial charge < -0.3 is 16.0 Å². The summed E-state index contributed by atoms with van der Waals surface area (Å²) in [6.45, 7) is 9.43. The van der Waals surface area contributed by atoms with Crippen LogP contribution in [0.2, 0.25) is 0 Å². The van der Waals surface area contributed by atoms with E-state index in [1.54, 1.807) is 11.1 Å². The number of benzene rings is 2. The molecule has 3 aromatic rings. The number of rotatable bonds is 7. The molecule has 0 spiro atoms. The van der Waals surface area contributed by atoms with Crippen molar-refractivity contribution in [3.63, 3.8) is 0 Å². The summed E-state index contributed by atoms with van der Waals surface area (Å²) in [6.07, 6.45) is 0.801. The molecule has 188 valence electrons. The van der Waals surface area contributed by atoms with Crippen molar-refractivity contribution < 1.29 is 13.6 Å². The number of hydrazone groups is 1. The van der Waals surface area contributed by atoms with Crippen LogP contribution in [-0.2, 0) is 0 Å². The third kappa shape index (κ3) is 4.69. The molecule has 4 rings (SSSR count). The molecule has 9 nitrogen and oxygen atoms in total. The highest BCUT2D eigenvalue weighted by atomic mass is 19.1. The predicted molar refractivity (Wildman–Crippen MR) is 136 cm³/mol. The maximum absolute atomic E-state index is 14.3. The van der Waals surface area contributed by atoms with Crippen LogP contribution in [0.15, 0.2) is 52.4 Å². The summed E-state index contributed by atoms with van der Waals surface area (Å²) < 4.78 is 29.1. The second kappa shape index (κ2) is 10.2. The Hall–Kier alpha value is -4.12. The Morgan fingerprint density at radius 3 is 2.56 bits per heavy atom. The molecule has 3 N–H and O–H groups in total. The van der Waals surface area contributed by atoms with Gasteiger partial charge >= 0.3 is 0 Å². The average molecular weight is 496 g/mol. The highest BCUT2D eigenvalue weighted by molar-refractivity contribution is 6.05. The predicted octanol–water partition coefficient (Wildman–Crippen LogP) is 3.05. The summed E-state index contributed by atoms with van der Waals surface area (Å²) in [7, 11) is 0. The molecular formula is C25H27F2N7O2. The minimum absolute atomic E-state index is 0.00250. The first kappa shape index (κ1) is 25.0. The van der Waals surface area contributed by atoms with Gasteiger partial charge in [0.15, 0.2) is 11.6 Å². The number of nitrogens with one attached hydrogen (secondary N) is 1. The van der Waals surface area contributed by atoms with Crippen LogP contribution in [0.5, 0.6) is 0 Å². The van der Waals surface area contributed by atoms with Gasteiger partial charge in [-0.3, -0.25) is 14.6 Å². The molecule has 1 aliphatic rings. The summed E-state index contributed by atoms with van der Waals surface area (Å²) in [5.41, 5.74) is 7.53. The molecule has 11 heteroatoms. The Labute approximate surface area is 206 Å². The number of nitrogens with zero attached hydrogens (tertiary/aromatic N) is 5. The van der Waals surface area contributed by atoms with Crippen LogP contribution in [0, 0.1) is 18.6 Å². The zero-order valence-electron chi connectivity index (χ0n) is 20.0. The SMILES string of the molecule is C=NN(CC)c1ccc(NC(=O)c2ccc(=O)n(-c3c(F)cccc3F)n2)c(N2CC[C@@H](N)C2)c1C. The molecule has 1 aliphatic heterocycles. The number of nitrogens with two attached hydrogens (primary N) is 1. The van der Waals surface area contributed by atoms with Gasteiger partial charge in [-0.25, -0.2) is 8.78 Å². The zero-order chi connectivity index (χ0) is 26.0. The lowest BCUT2D eigenvalue weighted by Gasteiger charge is -2.28. The molecule has 2 heterocycles. The van der Waals surface area contributed by atoms with Crippen LogP contribution in [0.25, 0.3) is 5.69 Å². The minimum atomic E-state index is -0.975. The van der Waals surface area contributed by atoms with Crippen molar-refractivity contribution in [1.82, 2.24) is 9.78 Å². The van der Waals surface area contributed by atoms with Gasteiger partial charge in [0.25, 0.3) is 11.5 Å². The van der Waals surface area contributed by atoms with Gasteiger partial charge in [-0.15, -0.1) is 0 Å². The van der Waals surface area contributed by atoms with Crippen LogP contribution >= 0.6 is 0 Å². The molecule has 1 aromatic heterocycles. The lowest BCUT2D eigenvalue weighted by molar-refractivity contribution is 0.102. The third-order valence-corrected chi connectivity index (χ3v) is 6.12. The Bertz CT molecular complexity index is 1350. The van der Waals surface area contributed by atoms with E-state index in [4.69, 9.17) is 5.73 Å². The van der Waals surface area contributed by atoms with E-state index in [-0.39, 0.29) is 11.7 Å². The van der Waals surface area contributed by atoms with Gasteiger partial charge in [-0.05, 0) is 56.2 Å². The Balaban J connectivity index is 1.74. The molecule has 1 amide bonds. The molecule has 0 radical (unpaired) electrons. The molecule has 36 heavy (non-hydrogen) atoms. The number of hydrogen-bond donors (Lipinski definition) is 2. The number of aromatic nitrogens is 2.